The van der Waals surface area contributed by atoms with Gasteiger partial charge < -0.3 is 79.5 Å². The first-order valence-corrected chi connectivity index (χ1v) is 21.9. The number of methoxy groups -OCH3 is 1. The summed E-state index contributed by atoms with van der Waals surface area (Å²) >= 11 is 0. The highest BCUT2D eigenvalue weighted by molar-refractivity contribution is 6.31. The Balaban J connectivity index is 1.22. The molecule has 2 fully saturated rings. The van der Waals surface area contributed by atoms with Crippen LogP contribution in [0.4, 0.5) is 4.79 Å². The summed E-state index contributed by atoms with van der Waals surface area (Å²) in [5.41, 5.74) is -2.82. The molecular formula is C48H49N3O19. The monoisotopic (exact) mass is 971 g/mol. The van der Waals surface area contributed by atoms with Crippen molar-refractivity contribution in [3.8, 4) is 34.1 Å². The zero-order valence-electron chi connectivity index (χ0n) is 38.0. The van der Waals surface area contributed by atoms with Crippen molar-refractivity contribution >= 4 is 29.6 Å². The van der Waals surface area contributed by atoms with Crippen molar-refractivity contribution in [2.75, 3.05) is 20.8 Å². The molecule has 0 spiro atoms. The fourth-order valence-corrected chi connectivity index (χ4v) is 9.40. The Morgan fingerprint density at radius 3 is 2.23 bits per heavy atom. The van der Waals surface area contributed by atoms with E-state index in [1.54, 1.807) is 30.3 Å². The lowest BCUT2D eigenvalue weighted by Gasteiger charge is -2.49. The maximum Gasteiger partial charge on any atom is 0.410 e. The smallest absolute Gasteiger partial charge is 0.410 e. The van der Waals surface area contributed by atoms with Crippen LogP contribution in [-0.2, 0) is 35.1 Å². The molecule has 12 atom stereocenters. The number of nitrogens with one attached hydrogen (secondary N) is 1. The molecule has 4 aromatic rings. The standard InChI is InChI=1S/C48H49N3O19/c1-18-11-26-32(39(59)29(18)45(63)50-20(3)49-17-52)31-24(14-25-33(40(31)60)36(56)23-12-22(65-5)13-27(53)30(23)35(25)55)37(57)43(26)69-47-42(62)44(70-46-41(61)38(58)28(54)16-66-46)34(19(2)68-47)51(4)48(64)67-15-21-9-7-6-8-10-21/h6-14,19-20,28,34,37-38,41-44,46-47,53-54,57-62H,15-16H2,1-5H3,(H,50,63)/t19-,20+,28-,34+,37+,38+,41-,42-,43+,44+,46+,47+/m1/s1. The van der Waals surface area contributed by atoms with Crippen molar-refractivity contribution < 1.29 is 93.2 Å². The largest absolute Gasteiger partial charge is 0.507 e. The van der Waals surface area contributed by atoms with E-state index in [0.29, 0.717) is 5.56 Å². The van der Waals surface area contributed by atoms with Crippen molar-refractivity contribution in [2.45, 2.75) is 101 Å². The van der Waals surface area contributed by atoms with Gasteiger partial charge in [0.1, 0.15) is 78.5 Å². The number of ketones is 2. The summed E-state index contributed by atoms with van der Waals surface area (Å²) in [5.74, 6) is -5.23. The van der Waals surface area contributed by atoms with Gasteiger partial charge in [0.15, 0.2) is 24.1 Å². The number of carbonyl (C=O) groups is 4. The molecule has 22 nitrogen and oxygen atoms in total. The summed E-state index contributed by atoms with van der Waals surface area (Å²) in [7, 11) is 2.59. The summed E-state index contributed by atoms with van der Waals surface area (Å²) in [4.78, 5) is 71.3. The van der Waals surface area contributed by atoms with Crippen molar-refractivity contribution in [1.82, 2.24) is 10.2 Å². The van der Waals surface area contributed by atoms with Gasteiger partial charge in [0.05, 0.1) is 42.6 Å². The number of amides is 2. The average molecular weight is 972 g/mol. The number of aromatic hydroxyl groups is 3. The number of hydrogen-bond acceptors (Lipinski definition) is 20. The van der Waals surface area contributed by atoms with Gasteiger partial charge in [-0.2, -0.15) is 4.99 Å². The highest BCUT2D eigenvalue weighted by Gasteiger charge is 2.53. The fraction of sp³-hybridized carbons (Fsp3) is 0.396. The number of isocyanates is 1. The van der Waals surface area contributed by atoms with Crippen LogP contribution in [0, 0.1) is 6.92 Å². The summed E-state index contributed by atoms with van der Waals surface area (Å²) in [5, 5.41) is 94.0. The molecule has 0 bridgehead atoms. The van der Waals surface area contributed by atoms with Crippen LogP contribution in [0.1, 0.15) is 90.5 Å². The molecule has 370 valence electrons. The van der Waals surface area contributed by atoms with Gasteiger partial charge in [0, 0.05) is 35.4 Å². The van der Waals surface area contributed by atoms with Crippen molar-refractivity contribution in [3.63, 3.8) is 0 Å². The fourth-order valence-electron chi connectivity index (χ4n) is 9.40. The number of carbonyl (C=O) groups excluding carboxylic acids is 5. The highest BCUT2D eigenvalue weighted by atomic mass is 16.7. The van der Waals surface area contributed by atoms with E-state index in [2.05, 4.69) is 10.3 Å². The Morgan fingerprint density at radius 2 is 1.54 bits per heavy atom. The van der Waals surface area contributed by atoms with Crippen LogP contribution >= 0.6 is 0 Å². The molecule has 0 radical (unpaired) electrons. The first-order chi connectivity index (χ1) is 33.3. The lowest BCUT2D eigenvalue weighted by molar-refractivity contribution is -0.344. The molecule has 4 aliphatic rings. The lowest BCUT2D eigenvalue weighted by Crippen LogP contribution is -2.66. The van der Waals surface area contributed by atoms with E-state index in [9.17, 15) is 64.8 Å². The van der Waals surface area contributed by atoms with E-state index in [-0.39, 0.29) is 40.2 Å². The molecule has 2 heterocycles. The average Bonchev–Trinajstić information content (AvgIpc) is 3.32. The minimum Gasteiger partial charge on any atom is -0.507 e. The molecule has 2 aliphatic heterocycles. The number of fused-ring (bicyclic) bond motifs is 5. The van der Waals surface area contributed by atoms with Gasteiger partial charge in [-0.3, -0.25) is 14.4 Å². The van der Waals surface area contributed by atoms with Crippen molar-refractivity contribution in [1.29, 1.82) is 0 Å². The van der Waals surface area contributed by atoms with E-state index in [1.165, 1.54) is 53.1 Å². The Morgan fingerprint density at radius 1 is 0.871 bits per heavy atom. The maximum atomic E-state index is 14.2. The van der Waals surface area contributed by atoms with Gasteiger partial charge in [-0.15, -0.1) is 0 Å². The van der Waals surface area contributed by atoms with Gasteiger partial charge >= 0.3 is 6.09 Å². The first-order valence-electron chi connectivity index (χ1n) is 21.9. The number of benzene rings is 4. The normalized spacial score (nSPS) is 27.1. The Labute approximate surface area is 397 Å². The van der Waals surface area contributed by atoms with Gasteiger partial charge in [0.25, 0.3) is 5.91 Å². The Bertz CT molecular complexity index is 2800. The van der Waals surface area contributed by atoms with Crippen LogP contribution in [0.2, 0.25) is 0 Å². The van der Waals surface area contributed by atoms with E-state index in [1.807, 2.05) is 0 Å². The molecule has 9 N–H and O–H groups in total. The molecular weight excluding hydrogens is 923 g/mol. The highest BCUT2D eigenvalue weighted by Crippen LogP contribution is 2.57. The number of aliphatic hydroxyl groups excluding tert-OH is 5. The van der Waals surface area contributed by atoms with Crippen LogP contribution in [0.5, 0.6) is 23.0 Å². The number of nitrogens with zero attached hydrogens (tertiary/aromatic N) is 2. The van der Waals surface area contributed by atoms with Crippen LogP contribution in [0.25, 0.3) is 11.1 Å². The van der Waals surface area contributed by atoms with Crippen molar-refractivity contribution in [3.05, 3.63) is 105 Å². The lowest BCUT2D eigenvalue weighted by atomic mass is 9.74. The zero-order chi connectivity index (χ0) is 50.6. The number of phenols is 3. The number of aliphatic hydroxyl groups is 5. The first kappa shape index (κ1) is 49.6. The quantitative estimate of drug-likeness (QED) is 0.0671. The molecule has 2 saturated heterocycles. The van der Waals surface area contributed by atoms with E-state index < -0.39 is 149 Å². The number of aliphatic imine (C=N–C) groups is 1. The molecule has 22 heteroatoms. The SMILES string of the molecule is COc1cc(O)c2c(c1)C(=O)c1c(cc3c(c1O)-c1c(cc(C)c(C(=O)N[C@@H](C)N=C=O)c1O)[C@H](O[C@@H]1O[C@H](C)[C@H](N(C)C(=O)OCc4ccccc4)[C@H](O[C@@H]4OC[C@@H](O)[C@H](O)[C@H]4O)[C@H]1O)[C@H]3O)C2=O. The van der Waals surface area contributed by atoms with Crippen LogP contribution in [0.15, 0.2) is 59.6 Å². The molecule has 4 aromatic carbocycles. The van der Waals surface area contributed by atoms with Crippen LogP contribution in [-0.4, -0.2) is 158 Å². The number of aryl methyl sites for hydroxylation is 1. The molecule has 2 amide bonds. The van der Waals surface area contributed by atoms with E-state index in [4.69, 9.17) is 28.4 Å². The summed E-state index contributed by atoms with van der Waals surface area (Å²) in [6.07, 6.45) is -17.9. The second-order valence-corrected chi connectivity index (χ2v) is 17.3. The number of rotatable bonds is 11. The second-order valence-electron chi connectivity index (χ2n) is 17.3. The predicted molar refractivity (Wildman–Crippen MR) is 236 cm³/mol. The summed E-state index contributed by atoms with van der Waals surface area (Å²) in [6, 6.07) is 12.1. The zero-order valence-corrected chi connectivity index (χ0v) is 38.0. The molecule has 8 rings (SSSR count). The molecule has 0 unspecified atom stereocenters. The number of ether oxygens (including phenoxy) is 6. The van der Waals surface area contributed by atoms with Gasteiger partial charge in [-0.25, -0.2) is 9.59 Å². The topological polar surface area (TPSA) is 330 Å². The molecule has 0 aromatic heterocycles. The summed E-state index contributed by atoms with van der Waals surface area (Å²) < 4.78 is 35.1. The van der Waals surface area contributed by atoms with Crippen LogP contribution in [0.3, 0.4) is 0 Å². The van der Waals surface area contributed by atoms with Crippen LogP contribution < -0.4 is 10.1 Å². The third-order valence-electron chi connectivity index (χ3n) is 12.9. The second kappa shape index (κ2) is 19.5. The van der Waals surface area contributed by atoms with E-state index in [0.717, 1.165) is 17.0 Å². The number of likely N-dealkylation sites (N-methyl/N-ethyl adjacent to an activating group) is 1. The van der Waals surface area contributed by atoms with Gasteiger partial charge in [0.2, 0.25) is 6.08 Å². The molecule has 0 saturated carbocycles. The predicted octanol–water partition coefficient (Wildman–Crippen LogP) is 1.65. The van der Waals surface area contributed by atoms with E-state index >= 15 is 0 Å². The number of hydrogen-bond donors (Lipinski definition) is 9. The Hall–Kier alpha value is -6.82. The van der Waals surface area contributed by atoms with Gasteiger partial charge in [-0.05, 0) is 55.2 Å². The third kappa shape index (κ3) is 8.64. The Kier molecular flexibility index (Phi) is 13.8. The maximum absolute atomic E-state index is 14.2. The molecule has 70 heavy (non-hydrogen) atoms. The van der Waals surface area contributed by atoms with Gasteiger partial charge in [-0.1, -0.05) is 36.4 Å². The number of phenolic OH excluding ortho intramolecular Hbond substituents is 3. The minimum atomic E-state index is -1.99. The minimum absolute atomic E-state index is 0.00448. The molecule has 2 aliphatic carbocycles. The summed E-state index contributed by atoms with van der Waals surface area (Å²) in [6.45, 7) is 3.59. The third-order valence-corrected chi connectivity index (χ3v) is 12.9. The van der Waals surface area contributed by atoms with Crippen molar-refractivity contribution in [2.24, 2.45) is 4.99 Å².